The van der Waals surface area contributed by atoms with E-state index in [4.69, 9.17) is 9.47 Å². The van der Waals surface area contributed by atoms with Crippen LogP contribution in [0.3, 0.4) is 0 Å². The first kappa shape index (κ1) is 18.7. The van der Waals surface area contributed by atoms with Gasteiger partial charge in [-0.05, 0) is 33.6 Å². The van der Waals surface area contributed by atoms with Crippen LogP contribution in [-0.2, 0) is 18.6 Å². The molecule has 5 nitrogen and oxygen atoms in total. The number of carbonyl (C=O) groups excluding carboxylic acids is 1. The van der Waals surface area contributed by atoms with Crippen LogP contribution in [0.2, 0.25) is 0 Å². The molecule has 0 aromatic rings. The van der Waals surface area contributed by atoms with Gasteiger partial charge in [-0.1, -0.05) is 13.8 Å². The topological polar surface area (TPSA) is 56.8 Å². The van der Waals surface area contributed by atoms with Gasteiger partial charge in [-0.25, -0.2) is 9.76 Å². The normalized spacial score (nSPS) is 15.1. The van der Waals surface area contributed by atoms with Crippen LogP contribution in [0.15, 0.2) is 0 Å². The minimum atomic E-state index is -0.518. The molecule has 1 atom stereocenters. The molecule has 0 radical (unpaired) electrons. The molecule has 6 heteroatoms. The van der Waals surface area contributed by atoms with Crippen LogP contribution in [-0.4, -0.2) is 30.3 Å². The molecular weight excluding hydrogens is 266 g/mol. The zero-order valence-electron chi connectivity index (χ0n) is 12.6. The zero-order valence-corrected chi connectivity index (χ0v) is 13.5. The molecule has 1 N–H and O–H groups in total. The van der Waals surface area contributed by atoms with Crippen LogP contribution in [0.5, 0.6) is 0 Å². The lowest BCUT2D eigenvalue weighted by Crippen LogP contribution is -2.37. The molecule has 114 valence electrons. The van der Waals surface area contributed by atoms with Gasteiger partial charge in [0, 0.05) is 12.9 Å². The van der Waals surface area contributed by atoms with Gasteiger partial charge in [0.2, 0.25) is 5.91 Å². The highest BCUT2D eigenvalue weighted by molar-refractivity contribution is 7.75. The molecule has 0 spiro atoms. The molecule has 0 fully saturated rings. The van der Waals surface area contributed by atoms with Crippen molar-refractivity contribution in [2.24, 2.45) is 0 Å². The zero-order chi connectivity index (χ0) is 14.9. The van der Waals surface area contributed by atoms with Crippen molar-refractivity contribution >= 4 is 18.8 Å². The average molecular weight is 293 g/mol. The summed E-state index contributed by atoms with van der Waals surface area (Å²) >= 11 is 3.47. The number of nitrogens with one attached hydrogen (secondary N) is 1. The van der Waals surface area contributed by atoms with Crippen LogP contribution in [0.4, 0.5) is 0 Å². The molecule has 0 heterocycles. The minimum absolute atomic E-state index is 0.136. The quantitative estimate of drug-likeness (QED) is 0.281. The maximum atomic E-state index is 11.5. The molecule has 0 bridgehead atoms. The van der Waals surface area contributed by atoms with E-state index in [9.17, 15) is 4.79 Å². The van der Waals surface area contributed by atoms with Gasteiger partial charge in [-0.3, -0.25) is 4.79 Å². The van der Waals surface area contributed by atoms with Gasteiger partial charge in [0.25, 0.3) is 0 Å². The van der Waals surface area contributed by atoms with Gasteiger partial charge < -0.3 is 9.47 Å². The molecule has 0 aliphatic heterocycles. The van der Waals surface area contributed by atoms with E-state index in [1.54, 1.807) is 0 Å². The summed E-state index contributed by atoms with van der Waals surface area (Å²) in [5.74, 6) is -0.255. The Kier molecular flexibility index (Phi) is 8.65. The second-order valence-corrected chi connectivity index (χ2v) is 5.59. The van der Waals surface area contributed by atoms with Crippen molar-refractivity contribution in [3.05, 3.63) is 0 Å². The molecule has 0 aliphatic rings. The van der Waals surface area contributed by atoms with Gasteiger partial charge in [-0.2, -0.15) is 0 Å². The monoisotopic (exact) mass is 293 g/mol. The Bertz CT molecular complexity index is 273. The number of ether oxygens (including phenoxy) is 2. The molecular formula is C13H27NO4S. The molecule has 0 aliphatic carbocycles. The summed E-state index contributed by atoms with van der Waals surface area (Å²) in [4.78, 5) is 11.5. The minimum Gasteiger partial charge on any atom is -0.373 e. The smallest absolute Gasteiger partial charge is 0.247 e. The van der Waals surface area contributed by atoms with Crippen molar-refractivity contribution in [3.63, 3.8) is 0 Å². The number of carbonyl (C=O) groups is 1. The fraction of sp³-hybridized carbons (Fsp3) is 0.923. The number of amides is 1. The van der Waals surface area contributed by atoms with Crippen LogP contribution in [0.25, 0.3) is 0 Å². The first-order valence-electron chi connectivity index (χ1n) is 6.65. The average Bonchev–Trinajstić information content (AvgIpc) is 2.35. The summed E-state index contributed by atoms with van der Waals surface area (Å²) in [7, 11) is 0. The molecule has 0 aromatic heterocycles. The van der Waals surface area contributed by atoms with Crippen molar-refractivity contribution in [2.75, 3.05) is 13.2 Å². The Hall–Kier alpha value is -0.300. The number of hydroxylamine groups is 1. The highest BCUT2D eigenvalue weighted by atomic mass is 32.1. The Balaban J connectivity index is 4.07. The van der Waals surface area contributed by atoms with Crippen molar-refractivity contribution in [3.8, 4) is 0 Å². The van der Waals surface area contributed by atoms with Gasteiger partial charge in [0.05, 0.1) is 30.8 Å². The maximum absolute atomic E-state index is 11.5. The Morgan fingerprint density at radius 3 is 2.16 bits per heavy atom. The van der Waals surface area contributed by atoms with Crippen molar-refractivity contribution in [1.82, 2.24) is 5.48 Å². The number of thiol groups is 1. The van der Waals surface area contributed by atoms with Crippen LogP contribution >= 0.6 is 12.9 Å². The van der Waals surface area contributed by atoms with E-state index in [0.29, 0.717) is 13.2 Å². The van der Waals surface area contributed by atoms with Crippen molar-refractivity contribution in [2.45, 2.75) is 65.1 Å². The Morgan fingerprint density at radius 1 is 1.11 bits per heavy atom. The van der Waals surface area contributed by atoms with Crippen molar-refractivity contribution < 1.29 is 18.6 Å². The van der Waals surface area contributed by atoms with E-state index < -0.39 is 5.60 Å². The molecule has 1 unspecified atom stereocenters. The van der Waals surface area contributed by atoms with E-state index in [2.05, 4.69) is 29.6 Å². The summed E-state index contributed by atoms with van der Waals surface area (Å²) in [5.41, 5.74) is 1.52. The van der Waals surface area contributed by atoms with Crippen LogP contribution in [0, 0.1) is 0 Å². The van der Waals surface area contributed by atoms with Gasteiger partial charge in [0.1, 0.15) is 0 Å². The van der Waals surface area contributed by atoms with E-state index in [1.807, 2.05) is 27.7 Å². The highest BCUT2D eigenvalue weighted by Crippen LogP contribution is 2.20. The first-order chi connectivity index (χ1) is 8.78. The lowest BCUT2D eigenvalue weighted by Gasteiger charge is -2.29. The number of hydrogen-bond acceptors (Lipinski definition) is 5. The van der Waals surface area contributed by atoms with E-state index in [-0.39, 0.29) is 17.9 Å². The molecule has 0 aromatic carbocycles. The Morgan fingerprint density at radius 2 is 1.68 bits per heavy atom. The van der Waals surface area contributed by atoms with E-state index in [0.717, 1.165) is 12.8 Å². The number of hydrogen-bond donors (Lipinski definition) is 2. The largest absolute Gasteiger partial charge is 0.373 e. The van der Waals surface area contributed by atoms with Gasteiger partial charge >= 0.3 is 0 Å². The lowest BCUT2D eigenvalue weighted by molar-refractivity contribution is -0.137. The fourth-order valence-electron chi connectivity index (χ4n) is 1.41. The van der Waals surface area contributed by atoms with E-state index >= 15 is 0 Å². The molecule has 0 saturated heterocycles. The predicted molar refractivity (Wildman–Crippen MR) is 77.8 cm³/mol. The fourth-order valence-corrected chi connectivity index (χ4v) is 1.51. The lowest BCUT2D eigenvalue weighted by atomic mass is 9.98. The third-order valence-electron chi connectivity index (χ3n) is 3.32. The number of rotatable bonds is 10. The highest BCUT2D eigenvalue weighted by Gasteiger charge is 2.27. The van der Waals surface area contributed by atoms with Gasteiger partial charge in [-0.15, -0.1) is 0 Å². The third kappa shape index (κ3) is 8.47. The second kappa shape index (κ2) is 8.79. The maximum Gasteiger partial charge on any atom is 0.247 e. The SMILES string of the molecule is CCC(C)(C)OCCOC(C)(CC)CC(=O)NOS. The standard InChI is InChI=1S/C13H27NO4S/c1-6-12(3,4)16-8-9-17-13(5,7-2)10-11(15)14-18-19/h19H,6-10H2,1-5H3,(H,14,15). The summed E-state index contributed by atoms with van der Waals surface area (Å²) in [6.07, 6.45) is 1.89. The summed E-state index contributed by atoms with van der Waals surface area (Å²) in [6.45, 7) is 11.0. The predicted octanol–water partition coefficient (Wildman–Crippen LogP) is 2.66. The summed E-state index contributed by atoms with van der Waals surface area (Å²) in [6, 6.07) is 0. The second-order valence-electron chi connectivity index (χ2n) is 5.41. The van der Waals surface area contributed by atoms with Crippen molar-refractivity contribution in [1.29, 1.82) is 0 Å². The van der Waals surface area contributed by atoms with Crippen LogP contribution in [0.1, 0.15) is 53.9 Å². The van der Waals surface area contributed by atoms with E-state index in [1.165, 1.54) is 0 Å². The summed E-state index contributed by atoms with van der Waals surface area (Å²) < 4.78 is 15.8. The molecule has 1 amide bonds. The molecule has 0 rings (SSSR count). The van der Waals surface area contributed by atoms with Crippen LogP contribution < -0.4 is 5.48 Å². The Labute approximate surface area is 121 Å². The van der Waals surface area contributed by atoms with Gasteiger partial charge in [0.15, 0.2) is 0 Å². The molecule has 19 heavy (non-hydrogen) atoms. The summed E-state index contributed by atoms with van der Waals surface area (Å²) in [5, 5.41) is 0. The third-order valence-corrected chi connectivity index (χ3v) is 3.41. The molecule has 0 saturated carbocycles. The first-order valence-corrected chi connectivity index (χ1v) is 7.02.